The van der Waals surface area contributed by atoms with E-state index in [1.807, 2.05) is 12.1 Å². The molecule has 0 saturated carbocycles. The number of nitrogens with zero attached hydrogens (tertiary/aromatic N) is 1. The van der Waals surface area contributed by atoms with Gasteiger partial charge in [0.15, 0.2) is 0 Å². The number of aliphatic hydroxyl groups excluding tert-OH is 1. The summed E-state index contributed by atoms with van der Waals surface area (Å²) < 4.78 is 0. The molecule has 3 nitrogen and oxygen atoms in total. The molecule has 1 aliphatic heterocycles. The third kappa shape index (κ3) is 2.29. The molecule has 1 heterocycles. The molecule has 0 unspecified atom stereocenters. The largest absolute Gasteiger partial charge is 0.398 e. The van der Waals surface area contributed by atoms with E-state index < -0.39 is 0 Å². The maximum absolute atomic E-state index is 8.93. The van der Waals surface area contributed by atoms with Crippen LogP contribution < -0.4 is 10.6 Å². The van der Waals surface area contributed by atoms with Gasteiger partial charge in [0, 0.05) is 31.1 Å². The van der Waals surface area contributed by atoms with Crippen LogP contribution in [0.1, 0.15) is 16.7 Å². The van der Waals surface area contributed by atoms with Crippen molar-refractivity contribution in [2.75, 3.05) is 17.2 Å². The van der Waals surface area contributed by atoms with E-state index in [9.17, 15) is 0 Å². The monoisotopic (exact) mass is 254 g/mol. The molecule has 2 aromatic rings. The van der Waals surface area contributed by atoms with E-state index in [-0.39, 0.29) is 6.61 Å². The second kappa shape index (κ2) is 4.94. The highest BCUT2D eigenvalue weighted by atomic mass is 16.2. The molecular formula is C16H18N2O. The van der Waals surface area contributed by atoms with Crippen LogP contribution in [0.2, 0.25) is 0 Å². The third-order valence-electron chi connectivity index (χ3n) is 3.72. The van der Waals surface area contributed by atoms with Crippen LogP contribution in [0.25, 0.3) is 0 Å². The molecule has 0 bridgehead atoms. The lowest BCUT2D eigenvalue weighted by molar-refractivity contribution is 0.299. The number of rotatable bonds is 3. The molecule has 0 atom stereocenters. The fourth-order valence-electron chi connectivity index (χ4n) is 2.63. The summed E-state index contributed by atoms with van der Waals surface area (Å²) >= 11 is 0. The topological polar surface area (TPSA) is 49.5 Å². The van der Waals surface area contributed by atoms with Crippen LogP contribution in [-0.4, -0.2) is 11.7 Å². The minimum Gasteiger partial charge on any atom is -0.398 e. The summed E-state index contributed by atoms with van der Waals surface area (Å²) in [5.41, 5.74) is 11.9. The van der Waals surface area contributed by atoms with E-state index in [2.05, 4.69) is 35.2 Å². The van der Waals surface area contributed by atoms with Crippen molar-refractivity contribution in [3.8, 4) is 0 Å². The lowest BCUT2D eigenvalue weighted by Gasteiger charge is -2.18. The van der Waals surface area contributed by atoms with Gasteiger partial charge in [0.25, 0.3) is 0 Å². The number of benzene rings is 2. The zero-order chi connectivity index (χ0) is 13.2. The van der Waals surface area contributed by atoms with E-state index >= 15 is 0 Å². The molecule has 19 heavy (non-hydrogen) atoms. The Labute approximate surface area is 113 Å². The Bertz CT molecular complexity index is 578. The van der Waals surface area contributed by atoms with Gasteiger partial charge in [-0.05, 0) is 41.3 Å². The third-order valence-corrected chi connectivity index (χ3v) is 3.72. The van der Waals surface area contributed by atoms with Crippen LogP contribution in [0.4, 0.5) is 11.4 Å². The van der Waals surface area contributed by atoms with Crippen molar-refractivity contribution >= 4 is 11.4 Å². The van der Waals surface area contributed by atoms with Gasteiger partial charge in [-0.25, -0.2) is 0 Å². The Kier molecular flexibility index (Phi) is 3.13. The normalized spacial score (nSPS) is 13.6. The van der Waals surface area contributed by atoms with Crippen molar-refractivity contribution in [3.63, 3.8) is 0 Å². The molecule has 3 N–H and O–H groups in total. The first-order valence-corrected chi connectivity index (χ1v) is 6.59. The smallest absolute Gasteiger partial charge is 0.0471 e. The first kappa shape index (κ1) is 12.1. The first-order chi connectivity index (χ1) is 9.28. The van der Waals surface area contributed by atoms with Gasteiger partial charge >= 0.3 is 0 Å². The molecule has 0 radical (unpaired) electrons. The summed E-state index contributed by atoms with van der Waals surface area (Å²) in [6.07, 6.45) is 0.716. The average Bonchev–Trinajstić information content (AvgIpc) is 2.85. The highest BCUT2D eigenvalue weighted by Crippen LogP contribution is 2.31. The Morgan fingerprint density at radius 2 is 1.84 bits per heavy atom. The van der Waals surface area contributed by atoms with Gasteiger partial charge in [-0.3, -0.25) is 0 Å². The lowest BCUT2D eigenvalue weighted by Crippen LogP contribution is -2.14. The maximum Gasteiger partial charge on any atom is 0.0471 e. The SMILES string of the molecule is Nc1cccc2c1CN(c1ccc(CCO)cc1)C2. The summed E-state index contributed by atoms with van der Waals surface area (Å²) in [4.78, 5) is 2.32. The van der Waals surface area contributed by atoms with Gasteiger partial charge in [-0.15, -0.1) is 0 Å². The van der Waals surface area contributed by atoms with E-state index in [0.717, 1.165) is 18.8 Å². The van der Waals surface area contributed by atoms with E-state index in [1.165, 1.54) is 22.4 Å². The number of fused-ring (bicyclic) bond motifs is 1. The predicted octanol–water partition coefficient (Wildman–Crippen LogP) is 2.32. The molecule has 0 aliphatic carbocycles. The van der Waals surface area contributed by atoms with Crippen molar-refractivity contribution in [3.05, 3.63) is 59.2 Å². The van der Waals surface area contributed by atoms with Gasteiger partial charge in [-0.2, -0.15) is 0 Å². The van der Waals surface area contributed by atoms with Crippen LogP contribution in [0.15, 0.2) is 42.5 Å². The first-order valence-electron chi connectivity index (χ1n) is 6.59. The molecule has 1 aliphatic rings. The number of hydrogen-bond donors (Lipinski definition) is 2. The van der Waals surface area contributed by atoms with Crippen molar-refractivity contribution in [1.82, 2.24) is 0 Å². The lowest BCUT2D eigenvalue weighted by atomic mass is 10.1. The molecule has 0 aromatic heterocycles. The molecule has 2 aromatic carbocycles. The highest BCUT2D eigenvalue weighted by Gasteiger charge is 2.20. The standard InChI is InChI=1S/C16H18N2O/c17-16-3-1-2-13-10-18(11-15(13)16)14-6-4-12(5-7-14)8-9-19/h1-7,19H,8-11,17H2. The minimum absolute atomic E-state index is 0.199. The molecule has 0 saturated heterocycles. The van der Waals surface area contributed by atoms with Crippen molar-refractivity contribution in [1.29, 1.82) is 0 Å². The molecular weight excluding hydrogens is 236 g/mol. The van der Waals surface area contributed by atoms with E-state index in [0.29, 0.717) is 6.42 Å². The number of nitrogens with two attached hydrogens (primary N) is 1. The van der Waals surface area contributed by atoms with Crippen LogP contribution in [0.3, 0.4) is 0 Å². The fraction of sp³-hybridized carbons (Fsp3) is 0.250. The summed E-state index contributed by atoms with van der Waals surface area (Å²) in [6.45, 7) is 1.99. The minimum atomic E-state index is 0.199. The van der Waals surface area contributed by atoms with Crippen molar-refractivity contribution in [2.45, 2.75) is 19.5 Å². The average molecular weight is 254 g/mol. The van der Waals surface area contributed by atoms with Crippen LogP contribution in [0.5, 0.6) is 0 Å². The van der Waals surface area contributed by atoms with Gasteiger partial charge in [0.1, 0.15) is 0 Å². The Hall–Kier alpha value is -2.00. The summed E-state index contributed by atoms with van der Waals surface area (Å²) in [7, 11) is 0. The van der Waals surface area contributed by atoms with Crippen molar-refractivity contribution < 1.29 is 5.11 Å². The molecule has 3 heteroatoms. The van der Waals surface area contributed by atoms with Gasteiger partial charge < -0.3 is 15.7 Å². The summed E-state index contributed by atoms with van der Waals surface area (Å²) in [5.74, 6) is 0. The number of aliphatic hydroxyl groups is 1. The van der Waals surface area contributed by atoms with Gasteiger partial charge in [0.05, 0.1) is 0 Å². The highest BCUT2D eigenvalue weighted by molar-refractivity contribution is 5.59. The quantitative estimate of drug-likeness (QED) is 0.826. The molecule has 3 rings (SSSR count). The van der Waals surface area contributed by atoms with Crippen LogP contribution in [0, 0.1) is 0 Å². The van der Waals surface area contributed by atoms with E-state index in [1.54, 1.807) is 0 Å². The Balaban J connectivity index is 1.81. The van der Waals surface area contributed by atoms with Crippen LogP contribution >= 0.6 is 0 Å². The maximum atomic E-state index is 8.93. The molecule has 0 fully saturated rings. The molecule has 0 amide bonds. The van der Waals surface area contributed by atoms with E-state index in [4.69, 9.17) is 10.8 Å². The number of anilines is 2. The Morgan fingerprint density at radius 1 is 1.05 bits per heavy atom. The fourth-order valence-corrected chi connectivity index (χ4v) is 2.63. The zero-order valence-electron chi connectivity index (χ0n) is 10.8. The second-order valence-electron chi connectivity index (χ2n) is 4.98. The van der Waals surface area contributed by atoms with Gasteiger partial charge in [0.2, 0.25) is 0 Å². The second-order valence-corrected chi connectivity index (χ2v) is 4.98. The Morgan fingerprint density at radius 3 is 2.53 bits per heavy atom. The summed E-state index contributed by atoms with van der Waals surface area (Å²) in [5, 5.41) is 8.93. The predicted molar refractivity (Wildman–Crippen MR) is 78.0 cm³/mol. The summed E-state index contributed by atoms with van der Waals surface area (Å²) in [6, 6.07) is 14.5. The number of hydrogen-bond acceptors (Lipinski definition) is 3. The molecule has 98 valence electrons. The number of nitrogen functional groups attached to an aromatic ring is 1. The van der Waals surface area contributed by atoms with Crippen LogP contribution in [-0.2, 0) is 19.5 Å². The van der Waals surface area contributed by atoms with Crippen molar-refractivity contribution in [2.24, 2.45) is 0 Å². The zero-order valence-corrected chi connectivity index (χ0v) is 10.8. The van der Waals surface area contributed by atoms with Gasteiger partial charge in [-0.1, -0.05) is 24.3 Å². The molecule has 0 spiro atoms.